The molecule has 0 amide bonds. The van der Waals surface area contributed by atoms with E-state index in [1.54, 1.807) is 0 Å². The molecule has 3 aromatic heterocycles. The highest BCUT2D eigenvalue weighted by molar-refractivity contribution is 6.13. The monoisotopic (exact) mass is 830 g/mol. The predicted molar refractivity (Wildman–Crippen MR) is 274 cm³/mol. The van der Waals surface area contributed by atoms with E-state index in [2.05, 4.69) is 229 Å². The van der Waals surface area contributed by atoms with Gasteiger partial charge in [0.05, 0.1) is 22.1 Å². The number of hydrogen-bond donors (Lipinski definition) is 0. The number of rotatable bonds is 6. The summed E-state index contributed by atoms with van der Waals surface area (Å²) in [5, 5.41) is 7.24. The second kappa shape index (κ2) is 14.6. The van der Waals surface area contributed by atoms with Crippen molar-refractivity contribution in [1.82, 2.24) is 9.13 Å². The molecule has 0 unspecified atom stereocenters. The van der Waals surface area contributed by atoms with Crippen molar-refractivity contribution < 1.29 is 4.42 Å². The Morgan fingerprint density at radius 2 is 0.723 bits per heavy atom. The zero-order chi connectivity index (χ0) is 43.2. The molecule has 13 aromatic rings. The molecular formula is C62H42N2O. The summed E-state index contributed by atoms with van der Waals surface area (Å²) < 4.78 is 11.2. The summed E-state index contributed by atoms with van der Waals surface area (Å²) in [5.41, 5.74) is 21.0. The third-order valence-electron chi connectivity index (χ3n) is 13.4. The molecule has 0 aliphatic carbocycles. The van der Waals surface area contributed by atoms with Crippen molar-refractivity contribution in [1.29, 1.82) is 0 Å². The number of aryl methyl sites for hydroxylation is 2. The van der Waals surface area contributed by atoms with Gasteiger partial charge < -0.3 is 13.6 Å². The Morgan fingerprint density at radius 1 is 0.292 bits per heavy atom. The van der Waals surface area contributed by atoms with E-state index in [-0.39, 0.29) is 0 Å². The molecule has 3 heteroatoms. The van der Waals surface area contributed by atoms with E-state index in [4.69, 9.17) is 4.42 Å². The zero-order valence-corrected chi connectivity index (χ0v) is 36.1. The van der Waals surface area contributed by atoms with Gasteiger partial charge in [-0.25, -0.2) is 0 Å². The van der Waals surface area contributed by atoms with Gasteiger partial charge in [0.15, 0.2) is 0 Å². The third-order valence-corrected chi connectivity index (χ3v) is 13.4. The van der Waals surface area contributed by atoms with Crippen LogP contribution in [0.3, 0.4) is 0 Å². The number of fused-ring (bicyclic) bond motifs is 9. The average Bonchev–Trinajstić information content (AvgIpc) is 4.01. The second-order valence-corrected chi connectivity index (χ2v) is 17.5. The summed E-state index contributed by atoms with van der Waals surface area (Å²) in [6, 6.07) is 79.8. The fraction of sp³-hybridized carbons (Fsp3) is 0.0323. The van der Waals surface area contributed by atoms with Crippen LogP contribution >= 0.6 is 0 Å². The third kappa shape index (κ3) is 6.04. The Balaban J connectivity index is 0.848. The standard InChI is InChI=1S/C62H42N2O/c1-39-34-40(2)36-47(35-39)43-20-18-41(19-21-43)42-22-28-48(29-23-42)63-57-15-6-3-10-51(57)55-37-45(26-32-59(55)63)46-27-33-60-56(38-46)52-11-4-7-16-58(52)64(60)49-30-24-44(25-31-49)50-13-9-14-54-53-12-5-8-17-61(53)65-62(50)54/h3-38H,1-2H3. The molecule has 0 fully saturated rings. The Labute approximate surface area is 376 Å². The highest BCUT2D eigenvalue weighted by Gasteiger charge is 2.18. The summed E-state index contributed by atoms with van der Waals surface area (Å²) in [5.74, 6) is 0. The van der Waals surface area contributed by atoms with Gasteiger partial charge in [0.1, 0.15) is 11.2 Å². The van der Waals surface area contributed by atoms with Gasteiger partial charge in [0.2, 0.25) is 0 Å². The van der Waals surface area contributed by atoms with Crippen molar-refractivity contribution in [3.63, 3.8) is 0 Å². The fourth-order valence-electron chi connectivity index (χ4n) is 10.4. The number of benzene rings is 10. The Kier molecular flexibility index (Phi) is 8.34. The first-order valence-corrected chi connectivity index (χ1v) is 22.4. The maximum Gasteiger partial charge on any atom is 0.143 e. The van der Waals surface area contributed by atoms with Crippen LogP contribution in [0.5, 0.6) is 0 Å². The van der Waals surface area contributed by atoms with Crippen LogP contribution in [0.1, 0.15) is 11.1 Å². The van der Waals surface area contributed by atoms with Crippen LogP contribution in [0.4, 0.5) is 0 Å². The van der Waals surface area contributed by atoms with E-state index in [0.717, 1.165) is 44.4 Å². The molecule has 0 radical (unpaired) electrons. The van der Waals surface area contributed by atoms with Gasteiger partial charge in [-0.1, -0.05) is 163 Å². The molecule has 0 bridgehead atoms. The lowest BCUT2D eigenvalue weighted by Crippen LogP contribution is -1.94. The maximum absolute atomic E-state index is 6.40. The lowest BCUT2D eigenvalue weighted by molar-refractivity contribution is 0.670. The van der Waals surface area contributed by atoms with Crippen LogP contribution in [0.25, 0.3) is 121 Å². The molecular weight excluding hydrogens is 789 g/mol. The van der Waals surface area contributed by atoms with E-state index in [9.17, 15) is 0 Å². The van der Waals surface area contributed by atoms with Gasteiger partial charge >= 0.3 is 0 Å². The lowest BCUT2D eigenvalue weighted by Gasteiger charge is -2.11. The van der Waals surface area contributed by atoms with Gasteiger partial charge in [0.25, 0.3) is 0 Å². The first kappa shape index (κ1) is 37.2. The zero-order valence-electron chi connectivity index (χ0n) is 36.1. The van der Waals surface area contributed by atoms with Crippen molar-refractivity contribution in [2.45, 2.75) is 13.8 Å². The number of hydrogen-bond acceptors (Lipinski definition) is 1. The summed E-state index contributed by atoms with van der Waals surface area (Å²) in [7, 11) is 0. The van der Waals surface area contributed by atoms with Gasteiger partial charge in [-0.05, 0) is 120 Å². The van der Waals surface area contributed by atoms with Crippen LogP contribution in [0, 0.1) is 13.8 Å². The molecule has 0 spiro atoms. The molecule has 10 aromatic carbocycles. The molecule has 0 aliphatic heterocycles. The van der Waals surface area contributed by atoms with Crippen molar-refractivity contribution >= 4 is 65.6 Å². The van der Waals surface area contributed by atoms with E-state index in [0.29, 0.717) is 0 Å². The normalized spacial score (nSPS) is 11.8. The highest BCUT2D eigenvalue weighted by atomic mass is 16.3. The molecule has 0 atom stereocenters. The molecule has 0 saturated heterocycles. The van der Waals surface area contributed by atoms with Gasteiger partial charge in [-0.15, -0.1) is 0 Å². The van der Waals surface area contributed by atoms with E-state index in [1.807, 2.05) is 12.1 Å². The topological polar surface area (TPSA) is 23.0 Å². The maximum atomic E-state index is 6.40. The number of furan rings is 1. The summed E-state index contributed by atoms with van der Waals surface area (Å²) in [6.45, 7) is 4.33. The Morgan fingerprint density at radius 3 is 1.29 bits per heavy atom. The van der Waals surface area contributed by atoms with Crippen LogP contribution in [0.2, 0.25) is 0 Å². The predicted octanol–water partition coefficient (Wildman–Crippen LogP) is 17.1. The Hall–Kier alpha value is -8.40. The molecule has 306 valence electrons. The molecule has 3 heterocycles. The fourth-order valence-corrected chi connectivity index (χ4v) is 10.4. The van der Waals surface area contributed by atoms with Gasteiger partial charge in [0, 0.05) is 49.3 Å². The van der Waals surface area contributed by atoms with E-state index < -0.39 is 0 Å². The van der Waals surface area contributed by atoms with Crippen molar-refractivity contribution in [3.8, 4) is 55.9 Å². The molecule has 0 saturated carbocycles. The van der Waals surface area contributed by atoms with Crippen molar-refractivity contribution in [2.24, 2.45) is 0 Å². The summed E-state index contributed by atoms with van der Waals surface area (Å²) >= 11 is 0. The minimum atomic E-state index is 0.913. The molecule has 0 aliphatic rings. The van der Waals surface area contributed by atoms with E-state index >= 15 is 0 Å². The van der Waals surface area contributed by atoms with Gasteiger partial charge in [-0.3, -0.25) is 0 Å². The van der Waals surface area contributed by atoms with Crippen LogP contribution in [-0.4, -0.2) is 9.13 Å². The average molecular weight is 831 g/mol. The smallest absolute Gasteiger partial charge is 0.143 e. The second-order valence-electron chi connectivity index (χ2n) is 17.5. The van der Waals surface area contributed by atoms with Crippen LogP contribution < -0.4 is 0 Å². The van der Waals surface area contributed by atoms with E-state index in [1.165, 1.54) is 88.1 Å². The van der Waals surface area contributed by atoms with Crippen molar-refractivity contribution in [3.05, 3.63) is 230 Å². The Bertz CT molecular complexity index is 3970. The lowest BCUT2D eigenvalue weighted by atomic mass is 9.98. The molecule has 65 heavy (non-hydrogen) atoms. The van der Waals surface area contributed by atoms with Crippen molar-refractivity contribution in [2.75, 3.05) is 0 Å². The highest BCUT2D eigenvalue weighted by Crippen LogP contribution is 2.40. The first-order valence-electron chi connectivity index (χ1n) is 22.4. The SMILES string of the molecule is Cc1cc(C)cc(-c2ccc(-c3ccc(-n4c5ccccc5c5cc(-c6ccc7c(c6)c6ccccc6n7-c6ccc(-c7cccc8c7oc7ccccc78)cc6)ccc54)cc3)cc2)c1. The molecule has 3 nitrogen and oxygen atoms in total. The number of nitrogens with zero attached hydrogens (tertiary/aromatic N) is 2. The minimum Gasteiger partial charge on any atom is -0.455 e. The number of aromatic nitrogens is 2. The van der Waals surface area contributed by atoms with Gasteiger partial charge in [-0.2, -0.15) is 0 Å². The summed E-state index contributed by atoms with van der Waals surface area (Å²) in [6.07, 6.45) is 0. The largest absolute Gasteiger partial charge is 0.455 e. The molecule has 0 N–H and O–H groups in total. The first-order chi connectivity index (χ1) is 32.0. The quantitative estimate of drug-likeness (QED) is 0.164. The molecule has 13 rings (SSSR count). The number of para-hydroxylation sites is 4. The summed E-state index contributed by atoms with van der Waals surface area (Å²) in [4.78, 5) is 0. The van der Waals surface area contributed by atoms with Crippen LogP contribution in [-0.2, 0) is 0 Å². The van der Waals surface area contributed by atoms with Crippen LogP contribution in [0.15, 0.2) is 223 Å². The minimum absolute atomic E-state index is 0.913.